The zero-order chi connectivity index (χ0) is 19.7. The van der Waals surface area contributed by atoms with E-state index in [-0.39, 0.29) is 29.2 Å². The van der Waals surface area contributed by atoms with Crippen LogP contribution in [0.5, 0.6) is 0 Å². The van der Waals surface area contributed by atoms with Crippen LogP contribution >= 0.6 is 0 Å². The lowest BCUT2D eigenvalue weighted by atomic mass is 9.62. The summed E-state index contributed by atoms with van der Waals surface area (Å²) < 4.78 is 0. The Morgan fingerprint density at radius 1 is 1.08 bits per heavy atom. The molecule has 5 heteroatoms. The van der Waals surface area contributed by atoms with Crippen LogP contribution in [0.3, 0.4) is 0 Å². The van der Waals surface area contributed by atoms with Crippen molar-refractivity contribution in [3.63, 3.8) is 0 Å². The summed E-state index contributed by atoms with van der Waals surface area (Å²) >= 11 is 0. The van der Waals surface area contributed by atoms with E-state index in [1.54, 1.807) is 0 Å². The first-order valence-electron chi connectivity index (χ1n) is 9.12. The second-order valence-corrected chi connectivity index (χ2v) is 8.70. The minimum Gasteiger partial charge on any atom is -0.326 e. The molecule has 1 aliphatic carbocycles. The fraction of sp³-hybridized carbons (Fsp3) is 0.571. The van der Waals surface area contributed by atoms with Gasteiger partial charge in [0.15, 0.2) is 0 Å². The average Bonchev–Trinajstić information content (AvgIpc) is 2.44. The van der Waals surface area contributed by atoms with Crippen LogP contribution in [0.1, 0.15) is 59.4 Å². The number of rotatable bonds is 3. The van der Waals surface area contributed by atoms with E-state index >= 15 is 0 Å². The molecule has 1 fully saturated rings. The van der Waals surface area contributed by atoms with Crippen molar-refractivity contribution in [1.29, 1.82) is 0 Å². The fourth-order valence-electron chi connectivity index (χ4n) is 4.53. The summed E-state index contributed by atoms with van der Waals surface area (Å²) in [5.41, 5.74) is 1.05. The van der Waals surface area contributed by atoms with Crippen molar-refractivity contribution >= 4 is 23.4 Å². The molecule has 1 aliphatic rings. The molecule has 1 N–H and O–H groups in total. The molecular weight excluding hydrogens is 328 g/mol. The van der Waals surface area contributed by atoms with E-state index < -0.39 is 5.41 Å². The number of amides is 3. The third-order valence-corrected chi connectivity index (χ3v) is 5.21. The summed E-state index contributed by atoms with van der Waals surface area (Å²) in [7, 11) is 0. The summed E-state index contributed by atoms with van der Waals surface area (Å²) in [5, 5.41) is 3.02. The van der Waals surface area contributed by atoms with Crippen molar-refractivity contribution in [2.75, 3.05) is 5.32 Å². The Morgan fingerprint density at radius 2 is 1.69 bits per heavy atom. The Balaban J connectivity index is 2.28. The second-order valence-electron chi connectivity index (χ2n) is 8.70. The lowest BCUT2D eigenvalue weighted by Crippen LogP contribution is -2.53. The van der Waals surface area contributed by atoms with Gasteiger partial charge in [-0.2, -0.15) is 0 Å². The molecule has 0 bridgehead atoms. The Labute approximate surface area is 156 Å². The third kappa shape index (κ3) is 4.51. The van der Waals surface area contributed by atoms with Gasteiger partial charge in [-0.05, 0) is 49.3 Å². The van der Waals surface area contributed by atoms with Gasteiger partial charge in [-0.3, -0.25) is 19.3 Å². The first-order valence-corrected chi connectivity index (χ1v) is 9.12. The van der Waals surface area contributed by atoms with Gasteiger partial charge in [0.25, 0.3) is 0 Å². The fourth-order valence-corrected chi connectivity index (χ4v) is 4.53. The molecule has 0 radical (unpaired) electrons. The molecule has 0 aliphatic heterocycles. The van der Waals surface area contributed by atoms with Crippen molar-refractivity contribution in [3.8, 4) is 0 Å². The van der Waals surface area contributed by atoms with E-state index in [1.165, 1.54) is 18.7 Å². The highest BCUT2D eigenvalue weighted by atomic mass is 16.2. The number of benzene rings is 1. The maximum absolute atomic E-state index is 13.1. The molecule has 5 nitrogen and oxygen atoms in total. The average molecular weight is 358 g/mol. The molecule has 2 rings (SSSR count). The van der Waals surface area contributed by atoms with Crippen LogP contribution in [0.4, 0.5) is 5.69 Å². The van der Waals surface area contributed by atoms with Crippen molar-refractivity contribution in [3.05, 3.63) is 29.8 Å². The van der Waals surface area contributed by atoms with Gasteiger partial charge in [0, 0.05) is 31.0 Å². The quantitative estimate of drug-likeness (QED) is 0.891. The molecule has 0 aromatic heterocycles. The predicted octanol–water partition coefficient (Wildman–Crippen LogP) is 3.91. The van der Waals surface area contributed by atoms with Gasteiger partial charge in [-0.15, -0.1) is 0 Å². The van der Waals surface area contributed by atoms with Gasteiger partial charge in [0.2, 0.25) is 17.7 Å². The zero-order valence-electron chi connectivity index (χ0n) is 16.7. The Bertz CT molecular complexity index is 712. The maximum Gasteiger partial charge on any atom is 0.230 e. The number of carbonyl (C=O) groups is 3. The largest absolute Gasteiger partial charge is 0.326 e. The molecule has 0 heterocycles. The van der Waals surface area contributed by atoms with E-state index in [9.17, 15) is 14.4 Å². The van der Waals surface area contributed by atoms with Crippen molar-refractivity contribution in [2.45, 2.75) is 66.8 Å². The highest BCUT2D eigenvalue weighted by Gasteiger charge is 2.48. The number of carbonyl (C=O) groups excluding carboxylic acids is 3. The van der Waals surface area contributed by atoms with Crippen LogP contribution in [-0.2, 0) is 14.4 Å². The number of nitrogens with zero attached hydrogens (tertiary/aromatic N) is 1. The minimum atomic E-state index is -0.653. The van der Waals surface area contributed by atoms with Crippen molar-refractivity contribution in [1.82, 2.24) is 4.90 Å². The normalized spacial score (nSPS) is 24.6. The number of aryl methyl sites for hydroxylation is 1. The van der Waals surface area contributed by atoms with E-state index in [0.29, 0.717) is 19.3 Å². The van der Waals surface area contributed by atoms with E-state index in [2.05, 4.69) is 19.2 Å². The Kier molecular flexibility index (Phi) is 5.59. The maximum atomic E-state index is 13.1. The SMILES string of the molecule is CC(=O)N(C(C)=O)C1CC(C)(C)CC(C)(C(=O)Nc2cccc(C)c2)C1. The van der Waals surface area contributed by atoms with Gasteiger partial charge in [-0.1, -0.05) is 32.9 Å². The smallest absolute Gasteiger partial charge is 0.230 e. The topological polar surface area (TPSA) is 66.5 Å². The van der Waals surface area contributed by atoms with Gasteiger partial charge >= 0.3 is 0 Å². The summed E-state index contributed by atoms with van der Waals surface area (Å²) in [6, 6.07) is 7.44. The summed E-state index contributed by atoms with van der Waals surface area (Å²) in [6.07, 6.45) is 1.89. The molecule has 142 valence electrons. The summed E-state index contributed by atoms with van der Waals surface area (Å²) in [5.74, 6) is -0.587. The second kappa shape index (κ2) is 7.22. The van der Waals surface area contributed by atoms with Crippen LogP contribution in [0.25, 0.3) is 0 Å². The number of hydrogen-bond acceptors (Lipinski definition) is 3. The van der Waals surface area contributed by atoms with Gasteiger partial charge < -0.3 is 5.32 Å². The molecule has 3 amide bonds. The minimum absolute atomic E-state index is 0.0621. The molecule has 2 atom stereocenters. The molecule has 0 spiro atoms. The Hall–Kier alpha value is -2.17. The number of nitrogens with one attached hydrogen (secondary N) is 1. The summed E-state index contributed by atoms with van der Waals surface area (Å²) in [4.78, 5) is 38.4. The Morgan fingerprint density at radius 3 is 2.23 bits per heavy atom. The van der Waals surface area contributed by atoms with Crippen LogP contribution in [0.15, 0.2) is 24.3 Å². The van der Waals surface area contributed by atoms with Gasteiger partial charge in [0.05, 0.1) is 0 Å². The van der Waals surface area contributed by atoms with Crippen LogP contribution in [-0.4, -0.2) is 28.7 Å². The molecule has 1 aromatic carbocycles. The summed E-state index contributed by atoms with van der Waals surface area (Å²) in [6.45, 7) is 10.9. The lowest BCUT2D eigenvalue weighted by molar-refractivity contribution is -0.150. The molecule has 26 heavy (non-hydrogen) atoms. The molecule has 2 unspecified atom stereocenters. The lowest BCUT2D eigenvalue weighted by Gasteiger charge is -2.48. The number of hydrogen-bond donors (Lipinski definition) is 1. The molecule has 1 saturated carbocycles. The number of anilines is 1. The molecule has 1 aromatic rings. The predicted molar refractivity (Wildman–Crippen MR) is 103 cm³/mol. The molecular formula is C21H30N2O3. The van der Waals surface area contributed by atoms with E-state index in [1.807, 2.05) is 38.1 Å². The monoisotopic (exact) mass is 358 g/mol. The zero-order valence-corrected chi connectivity index (χ0v) is 16.7. The molecule has 0 saturated heterocycles. The highest BCUT2D eigenvalue weighted by Crippen LogP contribution is 2.48. The number of imide groups is 1. The first kappa shape index (κ1) is 20.1. The third-order valence-electron chi connectivity index (χ3n) is 5.21. The van der Waals surface area contributed by atoms with Crippen molar-refractivity contribution in [2.24, 2.45) is 10.8 Å². The van der Waals surface area contributed by atoms with Crippen LogP contribution in [0, 0.1) is 17.8 Å². The van der Waals surface area contributed by atoms with E-state index in [4.69, 9.17) is 0 Å². The standard InChI is InChI=1S/C21H30N2O3/c1-14-8-7-9-17(10-14)22-19(26)21(6)12-18(11-20(4,5)13-21)23(15(2)24)16(3)25/h7-10,18H,11-13H2,1-6H3,(H,22,26). The van der Waals surface area contributed by atoms with Gasteiger partial charge in [0.1, 0.15) is 0 Å². The van der Waals surface area contributed by atoms with E-state index in [0.717, 1.165) is 11.3 Å². The van der Waals surface area contributed by atoms with Gasteiger partial charge in [-0.25, -0.2) is 0 Å². The van der Waals surface area contributed by atoms with Crippen LogP contribution in [0.2, 0.25) is 0 Å². The first-order chi connectivity index (χ1) is 11.9. The highest BCUT2D eigenvalue weighted by molar-refractivity contribution is 5.96. The van der Waals surface area contributed by atoms with Crippen molar-refractivity contribution < 1.29 is 14.4 Å². The van der Waals surface area contributed by atoms with Crippen LogP contribution < -0.4 is 5.32 Å².